The summed E-state index contributed by atoms with van der Waals surface area (Å²) < 4.78 is 5.21. The Morgan fingerprint density at radius 3 is 2.68 bits per heavy atom. The number of pyridine rings is 1. The fraction of sp³-hybridized carbons (Fsp3) is 0.0588. The molecule has 0 saturated carbocycles. The van der Waals surface area contributed by atoms with Crippen LogP contribution in [0.3, 0.4) is 0 Å². The zero-order chi connectivity index (χ0) is 15.4. The van der Waals surface area contributed by atoms with E-state index in [9.17, 15) is 4.79 Å². The number of aromatic nitrogens is 1. The SMILES string of the molecule is O=C(Nc1cccc2c(Cl)nccc12)OCc1ccccc1. The van der Waals surface area contributed by atoms with E-state index in [0.717, 1.165) is 16.3 Å². The Bertz CT molecular complexity index is 806. The van der Waals surface area contributed by atoms with Crippen LogP contribution in [0.5, 0.6) is 0 Å². The molecule has 1 aromatic heterocycles. The minimum atomic E-state index is -0.510. The summed E-state index contributed by atoms with van der Waals surface area (Å²) in [5.41, 5.74) is 1.57. The Balaban J connectivity index is 1.73. The lowest BCUT2D eigenvalue weighted by Gasteiger charge is -2.10. The summed E-state index contributed by atoms with van der Waals surface area (Å²) in [5.74, 6) is 0. The van der Waals surface area contributed by atoms with E-state index in [1.54, 1.807) is 18.3 Å². The van der Waals surface area contributed by atoms with Crippen molar-refractivity contribution in [2.45, 2.75) is 6.61 Å². The molecule has 0 aliphatic heterocycles. The molecule has 1 heterocycles. The number of nitrogens with zero attached hydrogens (tertiary/aromatic N) is 1. The van der Waals surface area contributed by atoms with Gasteiger partial charge in [-0.25, -0.2) is 9.78 Å². The first kappa shape index (κ1) is 14.4. The quantitative estimate of drug-likeness (QED) is 0.717. The van der Waals surface area contributed by atoms with Gasteiger partial charge in [-0.3, -0.25) is 5.32 Å². The molecule has 1 amide bonds. The van der Waals surface area contributed by atoms with Crippen molar-refractivity contribution in [2.24, 2.45) is 0 Å². The minimum absolute atomic E-state index is 0.222. The summed E-state index contributed by atoms with van der Waals surface area (Å²) in [6, 6.07) is 16.8. The third kappa shape index (κ3) is 3.18. The largest absolute Gasteiger partial charge is 0.444 e. The fourth-order valence-electron chi connectivity index (χ4n) is 2.15. The maximum Gasteiger partial charge on any atom is 0.411 e. The molecule has 0 spiro atoms. The molecule has 5 heteroatoms. The predicted octanol–water partition coefficient (Wildman–Crippen LogP) is 4.64. The van der Waals surface area contributed by atoms with Gasteiger partial charge in [0, 0.05) is 17.0 Å². The van der Waals surface area contributed by atoms with E-state index in [4.69, 9.17) is 16.3 Å². The number of nitrogens with one attached hydrogen (secondary N) is 1. The number of halogens is 1. The lowest BCUT2D eigenvalue weighted by Crippen LogP contribution is -2.13. The second-order valence-electron chi connectivity index (χ2n) is 4.69. The highest BCUT2D eigenvalue weighted by Crippen LogP contribution is 2.27. The van der Waals surface area contributed by atoms with Crippen molar-refractivity contribution in [3.8, 4) is 0 Å². The van der Waals surface area contributed by atoms with Gasteiger partial charge in [0.15, 0.2) is 0 Å². The van der Waals surface area contributed by atoms with Crippen molar-refractivity contribution in [2.75, 3.05) is 5.32 Å². The Kier molecular flexibility index (Phi) is 4.21. The molecule has 110 valence electrons. The molecule has 2 aromatic carbocycles. The van der Waals surface area contributed by atoms with Crippen LogP contribution in [-0.2, 0) is 11.3 Å². The first-order chi connectivity index (χ1) is 10.7. The maximum atomic E-state index is 11.9. The number of hydrogen-bond donors (Lipinski definition) is 1. The van der Waals surface area contributed by atoms with Gasteiger partial charge in [-0.1, -0.05) is 54.1 Å². The number of fused-ring (bicyclic) bond motifs is 1. The Labute approximate surface area is 132 Å². The number of rotatable bonds is 3. The van der Waals surface area contributed by atoms with Crippen LogP contribution >= 0.6 is 11.6 Å². The molecule has 0 fully saturated rings. The zero-order valence-electron chi connectivity index (χ0n) is 11.6. The van der Waals surface area contributed by atoms with E-state index < -0.39 is 6.09 Å². The first-order valence-electron chi connectivity index (χ1n) is 6.75. The average molecular weight is 313 g/mol. The topological polar surface area (TPSA) is 51.2 Å². The van der Waals surface area contributed by atoms with E-state index in [0.29, 0.717) is 10.8 Å². The third-order valence-electron chi connectivity index (χ3n) is 3.21. The smallest absolute Gasteiger partial charge is 0.411 e. The van der Waals surface area contributed by atoms with Crippen LogP contribution in [0.15, 0.2) is 60.8 Å². The molecule has 0 unspecified atom stereocenters. The van der Waals surface area contributed by atoms with Crippen molar-refractivity contribution in [1.82, 2.24) is 4.98 Å². The Morgan fingerprint density at radius 1 is 1.05 bits per heavy atom. The highest BCUT2D eigenvalue weighted by Gasteiger charge is 2.08. The molecule has 0 bridgehead atoms. The normalized spacial score (nSPS) is 10.4. The molecule has 1 N–H and O–H groups in total. The minimum Gasteiger partial charge on any atom is -0.444 e. The van der Waals surface area contributed by atoms with Crippen molar-refractivity contribution >= 4 is 34.2 Å². The van der Waals surface area contributed by atoms with E-state index in [2.05, 4.69) is 10.3 Å². The van der Waals surface area contributed by atoms with Crippen molar-refractivity contribution < 1.29 is 9.53 Å². The second kappa shape index (κ2) is 6.45. The summed E-state index contributed by atoms with van der Waals surface area (Å²) in [6.07, 6.45) is 1.09. The van der Waals surface area contributed by atoms with Gasteiger partial charge >= 0.3 is 6.09 Å². The number of benzene rings is 2. The van der Waals surface area contributed by atoms with Gasteiger partial charge in [0.25, 0.3) is 0 Å². The predicted molar refractivity (Wildman–Crippen MR) is 87.0 cm³/mol. The second-order valence-corrected chi connectivity index (χ2v) is 5.05. The fourth-order valence-corrected chi connectivity index (χ4v) is 2.37. The number of carbonyl (C=O) groups excluding carboxylic acids is 1. The lowest BCUT2D eigenvalue weighted by atomic mass is 10.1. The van der Waals surface area contributed by atoms with Crippen LogP contribution in [0.1, 0.15) is 5.56 Å². The molecule has 0 atom stereocenters. The van der Waals surface area contributed by atoms with Gasteiger partial charge < -0.3 is 4.74 Å². The molecule has 4 nitrogen and oxygen atoms in total. The Morgan fingerprint density at radius 2 is 1.86 bits per heavy atom. The van der Waals surface area contributed by atoms with Crippen LogP contribution in [0.4, 0.5) is 10.5 Å². The number of anilines is 1. The van der Waals surface area contributed by atoms with E-state index >= 15 is 0 Å². The average Bonchev–Trinajstić information content (AvgIpc) is 2.55. The summed E-state index contributed by atoms with van der Waals surface area (Å²) in [4.78, 5) is 16.0. The molecule has 0 saturated heterocycles. The molecular formula is C17H13ClN2O2. The molecule has 0 aliphatic rings. The van der Waals surface area contributed by atoms with Gasteiger partial charge in [0.1, 0.15) is 11.8 Å². The number of carbonyl (C=O) groups is 1. The van der Waals surface area contributed by atoms with Gasteiger partial charge in [0.05, 0.1) is 5.69 Å². The maximum absolute atomic E-state index is 11.9. The summed E-state index contributed by atoms with van der Waals surface area (Å²) in [6.45, 7) is 0.222. The van der Waals surface area contributed by atoms with Gasteiger partial charge in [-0.2, -0.15) is 0 Å². The monoisotopic (exact) mass is 312 g/mol. The van der Waals surface area contributed by atoms with Gasteiger partial charge in [0.2, 0.25) is 0 Å². The highest BCUT2D eigenvalue weighted by atomic mass is 35.5. The summed E-state index contributed by atoms with van der Waals surface area (Å²) in [7, 11) is 0. The van der Waals surface area contributed by atoms with E-state index in [-0.39, 0.29) is 6.61 Å². The molecule has 3 aromatic rings. The van der Waals surface area contributed by atoms with Crippen LogP contribution in [0.25, 0.3) is 10.8 Å². The van der Waals surface area contributed by atoms with Crippen LogP contribution in [-0.4, -0.2) is 11.1 Å². The Hall–Kier alpha value is -2.59. The zero-order valence-corrected chi connectivity index (χ0v) is 12.4. The lowest BCUT2D eigenvalue weighted by molar-refractivity contribution is 0.155. The van der Waals surface area contributed by atoms with Crippen LogP contribution in [0, 0.1) is 0 Å². The van der Waals surface area contributed by atoms with Crippen molar-refractivity contribution in [3.63, 3.8) is 0 Å². The highest BCUT2D eigenvalue weighted by molar-refractivity contribution is 6.34. The van der Waals surface area contributed by atoms with Crippen LogP contribution < -0.4 is 5.32 Å². The standard InChI is InChI=1S/C17H13ClN2O2/c18-16-14-7-4-8-15(13(14)9-10-19-16)20-17(21)22-11-12-5-2-1-3-6-12/h1-10H,11H2,(H,20,21). The third-order valence-corrected chi connectivity index (χ3v) is 3.51. The van der Waals surface area contributed by atoms with Gasteiger partial charge in [-0.05, 0) is 17.7 Å². The summed E-state index contributed by atoms with van der Waals surface area (Å²) >= 11 is 6.05. The molecule has 22 heavy (non-hydrogen) atoms. The number of hydrogen-bond acceptors (Lipinski definition) is 3. The molecule has 0 radical (unpaired) electrons. The van der Waals surface area contributed by atoms with Crippen molar-refractivity contribution in [1.29, 1.82) is 0 Å². The molecule has 3 rings (SSSR count). The van der Waals surface area contributed by atoms with E-state index in [1.807, 2.05) is 42.5 Å². The number of ether oxygens (including phenoxy) is 1. The summed E-state index contributed by atoms with van der Waals surface area (Å²) in [5, 5.41) is 4.74. The van der Waals surface area contributed by atoms with Crippen LogP contribution in [0.2, 0.25) is 5.15 Å². The molecular weight excluding hydrogens is 300 g/mol. The molecule has 0 aliphatic carbocycles. The first-order valence-corrected chi connectivity index (χ1v) is 7.13. The van der Waals surface area contributed by atoms with Crippen molar-refractivity contribution in [3.05, 3.63) is 71.5 Å². The van der Waals surface area contributed by atoms with Gasteiger partial charge in [-0.15, -0.1) is 0 Å². The number of amides is 1. The van der Waals surface area contributed by atoms with E-state index in [1.165, 1.54) is 0 Å².